The van der Waals surface area contributed by atoms with Gasteiger partial charge in [0.1, 0.15) is 5.78 Å². The van der Waals surface area contributed by atoms with E-state index in [1.807, 2.05) is 18.2 Å². The second-order valence-electron chi connectivity index (χ2n) is 4.84. The maximum absolute atomic E-state index is 11.1. The molecule has 3 N–H and O–H groups in total. The summed E-state index contributed by atoms with van der Waals surface area (Å²) in [5.41, 5.74) is 6.66. The van der Waals surface area contributed by atoms with E-state index >= 15 is 0 Å². The van der Waals surface area contributed by atoms with Gasteiger partial charge in [0.2, 0.25) is 0 Å². The fourth-order valence-electron chi connectivity index (χ4n) is 1.61. The molecule has 0 saturated carbocycles. The molecule has 0 unspecified atom stereocenters. The Labute approximate surface area is 110 Å². The van der Waals surface area contributed by atoms with Crippen molar-refractivity contribution < 1.29 is 9.90 Å². The Morgan fingerprint density at radius 3 is 2.53 bits per heavy atom. The van der Waals surface area contributed by atoms with Crippen molar-refractivity contribution in [2.24, 2.45) is 5.73 Å². The topological polar surface area (TPSA) is 63.3 Å². The Hall–Kier alpha value is -0.710. The molecule has 4 heteroatoms. The maximum Gasteiger partial charge on any atom is 0.131 e. The van der Waals surface area contributed by atoms with Crippen LogP contribution in [-0.2, 0) is 10.4 Å². The van der Waals surface area contributed by atoms with Crippen LogP contribution in [-0.4, -0.2) is 10.9 Å². The summed E-state index contributed by atoms with van der Waals surface area (Å²) in [6.45, 7) is 4.96. The predicted molar refractivity (Wildman–Crippen MR) is 71.6 cm³/mol. The smallest absolute Gasteiger partial charge is 0.131 e. The molecule has 0 aliphatic rings. The summed E-state index contributed by atoms with van der Waals surface area (Å²) < 4.78 is 0.853. The quantitative estimate of drug-likeness (QED) is 0.898. The zero-order chi connectivity index (χ0) is 13.2. The third kappa shape index (κ3) is 4.22. The largest absolute Gasteiger partial charge is 0.386 e. The average molecular weight is 300 g/mol. The van der Waals surface area contributed by atoms with Gasteiger partial charge in [0.15, 0.2) is 0 Å². The van der Waals surface area contributed by atoms with E-state index in [1.54, 1.807) is 13.8 Å². The first kappa shape index (κ1) is 14.4. The third-order valence-corrected chi connectivity index (χ3v) is 3.02. The maximum atomic E-state index is 11.1. The Morgan fingerprint density at radius 2 is 2.06 bits per heavy atom. The van der Waals surface area contributed by atoms with Crippen molar-refractivity contribution in [3.63, 3.8) is 0 Å². The van der Waals surface area contributed by atoms with E-state index in [4.69, 9.17) is 5.73 Å². The summed E-state index contributed by atoms with van der Waals surface area (Å²) in [6, 6.07) is 5.25. The summed E-state index contributed by atoms with van der Waals surface area (Å²) in [5, 5.41) is 9.97. The lowest BCUT2D eigenvalue weighted by molar-refractivity contribution is -0.117. The highest BCUT2D eigenvalue weighted by molar-refractivity contribution is 9.10. The Bertz CT molecular complexity index is 424. The molecule has 0 aromatic heterocycles. The van der Waals surface area contributed by atoms with Gasteiger partial charge < -0.3 is 10.8 Å². The molecule has 0 aliphatic heterocycles. The molecule has 1 aromatic carbocycles. The second kappa shape index (κ2) is 5.29. The van der Waals surface area contributed by atoms with E-state index in [1.165, 1.54) is 6.92 Å². The monoisotopic (exact) mass is 299 g/mol. The molecule has 1 atom stereocenters. The zero-order valence-corrected chi connectivity index (χ0v) is 11.9. The number of carbonyl (C=O) groups is 1. The molecule has 17 heavy (non-hydrogen) atoms. The van der Waals surface area contributed by atoms with Crippen LogP contribution in [0.25, 0.3) is 0 Å². The van der Waals surface area contributed by atoms with E-state index in [0.717, 1.165) is 15.6 Å². The van der Waals surface area contributed by atoms with Gasteiger partial charge in [-0.05, 0) is 44.0 Å². The minimum atomic E-state index is -0.922. The van der Waals surface area contributed by atoms with E-state index in [-0.39, 0.29) is 11.8 Å². The molecule has 94 valence electrons. The van der Waals surface area contributed by atoms with Gasteiger partial charge in [-0.1, -0.05) is 22.0 Å². The molecule has 1 aromatic rings. The second-order valence-corrected chi connectivity index (χ2v) is 5.76. The SMILES string of the molecule is CC(=O)C[C@H](N)c1cc(Br)cc(C(C)(C)O)c1. The van der Waals surface area contributed by atoms with Crippen molar-refractivity contribution in [2.45, 2.75) is 38.8 Å². The van der Waals surface area contributed by atoms with Gasteiger partial charge in [-0.15, -0.1) is 0 Å². The molecule has 0 spiro atoms. The predicted octanol–water partition coefficient (Wildman–Crippen LogP) is 2.66. The van der Waals surface area contributed by atoms with Crippen LogP contribution in [0, 0.1) is 0 Å². The number of hydrogen-bond donors (Lipinski definition) is 2. The minimum Gasteiger partial charge on any atom is -0.386 e. The molecule has 0 heterocycles. The Morgan fingerprint density at radius 1 is 1.47 bits per heavy atom. The van der Waals surface area contributed by atoms with Crippen molar-refractivity contribution in [3.05, 3.63) is 33.8 Å². The van der Waals surface area contributed by atoms with Gasteiger partial charge in [0.05, 0.1) is 5.60 Å². The van der Waals surface area contributed by atoms with Crippen molar-refractivity contribution >= 4 is 21.7 Å². The number of carbonyl (C=O) groups excluding carboxylic acids is 1. The summed E-state index contributed by atoms with van der Waals surface area (Å²) in [7, 11) is 0. The summed E-state index contributed by atoms with van der Waals surface area (Å²) in [4.78, 5) is 11.1. The molecule has 0 amide bonds. The average Bonchev–Trinajstić information content (AvgIpc) is 2.14. The van der Waals surface area contributed by atoms with Crippen LogP contribution in [0.5, 0.6) is 0 Å². The first-order valence-electron chi connectivity index (χ1n) is 5.48. The number of rotatable bonds is 4. The van der Waals surface area contributed by atoms with Gasteiger partial charge in [0, 0.05) is 16.9 Å². The van der Waals surface area contributed by atoms with Gasteiger partial charge in [-0.2, -0.15) is 0 Å². The molecule has 1 rings (SSSR count). The fourth-order valence-corrected chi connectivity index (χ4v) is 2.12. The number of hydrogen-bond acceptors (Lipinski definition) is 3. The van der Waals surface area contributed by atoms with E-state index < -0.39 is 5.60 Å². The standard InChI is InChI=1S/C13H18BrNO2/c1-8(16)4-12(15)9-5-10(13(2,3)17)7-11(14)6-9/h5-7,12,17H,4,15H2,1-3H3/t12-/m0/s1. The van der Waals surface area contributed by atoms with Crippen LogP contribution >= 0.6 is 15.9 Å². The van der Waals surface area contributed by atoms with E-state index in [2.05, 4.69) is 15.9 Å². The van der Waals surface area contributed by atoms with Crippen LogP contribution in [0.3, 0.4) is 0 Å². The highest BCUT2D eigenvalue weighted by Crippen LogP contribution is 2.28. The summed E-state index contributed by atoms with van der Waals surface area (Å²) >= 11 is 3.39. The molecular weight excluding hydrogens is 282 g/mol. The number of aliphatic hydroxyl groups is 1. The highest BCUT2D eigenvalue weighted by atomic mass is 79.9. The number of ketones is 1. The normalized spacial score (nSPS) is 13.5. The fraction of sp³-hybridized carbons (Fsp3) is 0.462. The molecule has 3 nitrogen and oxygen atoms in total. The van der Waals surface area contributed by atoms with Crippen LogP contribution in [0.2, 0.25) is 0 Å². The summed E-state index contributed by atoms with van der Waals surface area (Å²) in [6.07, 6.45) is 0.307. The summed E-state index contributed by atoms with van der Waals surface area (Å²) in [5.74, 6) is 0.0577. The highest BCUT2D eigenvalue weighted by Gasteiger charge is 2.19. The Balaban J connectivity index is 3.09. The van der Waals surface area contributed by atoms with Crippen LogP contribution in [0.4, 0.5) is 0 Å². The molecule has 0 fully saturated rings. The number of nitrogens with two attached hydrogens (primary N) is 1. The van der Waals surface area contributed by atoms with Gasteiger partial charge in [-0.3, -0.25) is 4.79 Å². The van der Waals surface area contributed by atoms with Crippen molar-refractivity contribution in [1.29, 1.82) is 0 Å². The van der Waals surface area contributed by atoms with Gasteiger partial charge in [-0.25, -0.2) is 0 Å². The lowest BCUT2D eigenvalue weighted by atomic mass is 9.93. The third-order valence-electron chi connectivity index (χ3n) is 2.56. The van der Waals surface area contributed by atoms with Crippen LogP contribution in [0.15, 0.2) is 22.7 Å². The zero-order valence-electron chi connectivity index (χ0n) is 10.3. The molecular formula is C13H18BrNO2. The van der Waals surface area contributed by atoms with Gasteiger partial charge >= 0.3 is 0 Å². The first-order chi connectivity index (χ1) is 7.70. The van der Waals surface area contributed by atoms with Crippen LogP contribution < -0.4 is 5.73 Å². The Kier molecular flexibility index (Phi) is 4.47. The van der Waals surface area contributed by atoms with E-state index in [0.29, 0.717) is 6.42 Å². The van der Waals surface area contributed by atoms with Crippen molar-refractivity contribution in [2.75, 3.05) is 0 Å². The van der Waals surface area contributed by atoms with Crippen molar-refractivity contribution in [1.82, 2.24) is 0 Å². The lowest BCUT2D eigenvalue weighted by Gasteiger charge is -2.21. The van der Waals surface area contributed by atoms with Crippen molar-refractivity contribution in [3.8, 4) is 0 Å². The molecule has 0 radical (unpaired) electrons. The molecule has 0 aliphatic carbocycles. The lowest BCUT2D eigenvalue weighted by Crippen LogP contribution is -2.18. The van der Waals surface area contributed by atoms with Crippen LogP contribution in [0.1, 0.15) is 44.4 Å². The number of halogens is 1. The van der Waals surface area contributed by atoms with E-state index in [9.17, 15) is 9.90 Å². The molecule has 0 bridgehead atoms. The molecule has 0 saturated heterocycles. The first-order valence-corrected chi connectivity index (χ1v) is 6.28. The number of Topliss-reactive ketones (excluding diaryl/α,β-unsaturated/α-hetero) is 1. The number of benzene rings is 1. The van der Waals surface area contributed by atoms with Gasteiger partial charge in [0.25, 0.3) is 0 Å². The minimum absolute atomic E-state index is 0.0577.